The van der Waals surface area contributed by atoms with Gasteiger partial charge in [0.15, 0.2) is 0 Å². The van der Waals surface area contributed by atoms with Crippen molar-refractivity contribution in [2.75, 3.05) is 0 Å². The van der Waals surface area contributed by atoms with Gasteiger partial charge in [-0.25, -0.2) is 12.8 Å². The predicted molar refractivity (Wildman–Crippen MR) is 68.6 cm³/mol. The van der Waals surface area contributed by atoms with Gasteiger partial charge in [-0.15, -0.1) is 0 Å². The molecule has 0 atom stereocenters. The van der Waals surface area contributed by atoms with Crippen LogP contribution in [0.5, 0.6) is 0 Å². The topological polar surface area (TPSA) is 60.2 Å². The maximum Gasteiger partial charge on any atom is 0.215 e. The number of sulfone groups is 1. The molecule has 0 radical (unpaired) electrons. The van der Waals surface area contributed by atoms with E-state index in [0.29, 0.717) is 12.8 Å². The van der Waals surface area contributed by atoms with E-state index in [-0.39, 0.29) is 23.8 Å². The van der Waals surface area contributed by atoms with Gasteiger partial charge in [0.25, 0.3) is 0 Å². The summed E-state index contributed by atoms with van der Waals surface area (Å²) in [7, 11) is -3.93. The first-order valence-corrected chi connectivity index (χ1v) is 7.59. The SMILES string of the molecule is Cc1cccc(S(=O)(=O)[C@]2(F)CC[C@H](N)CC2)c1. The molecule has 0 spiro atoms. The molecular formula is C13H18FNO2S. The van der Waals surface area contributed by atoms with Crippen LogP contribution < -0.4 is 5.73 Å². The molecule has 2 rings (SSSR count). The minimum absolute atomic E-state index is 0.00948. The molecule has 0 aliphatic heterocycles. The lowest BCUT2D eigenvalue weighted by Crippen LogP contribution is -2.41. The van der Waals surface area contributed by atoms with Crippen LogP contribution in [0.3, 0.4) is 0 Å². The van der Waals surface area contributed by atoms with Gasteiger partial charge in [-0.05, 0) is 50.3 Å². The molecule has 2 N–H and O–H groups in total. The fraction of sp³-hybridized carbons (Fsp3) is 0.538. The van der Waals surface area contributed by atoms with E-state index in [1.165, 1.54) is 12.1 Å². The quantitative estimate of drug-likeness (QED) is 0.898. The molecule has 0 bridgehead atoms. The zero-order valence-electron chi connectivity index (χ0n) is 10.4. The lowest BCUT2D eigenvalue weighted by molar-refractivity contribution is 0.184. The number of hydrogen-bond acceptors (Lipinski definition) is 3. The van der Waals surface area contributed by atoms with Crippen molar-refractivity contribution in [1.29, 1.82) is 0 Å². The van der Waals surface area contributed by atoms with Gasteiger partial charge in [0.05, 0.1) is 4.90 Å². The number of nitrogens with two attached hydrogens (primary N) is 1. The Labute approximate surface area is 107 Å². The Kier molecular flexibility index (Phi) is 3.47. The second-order valence-corrected chi connectivity index (χ2v) is 7.25. The number of aryl methyl sites for hydroxylation is 1. The van der Waals surface area contributed by atoms with Gasteiger partial charge in [0, 0.05) is 6.04 Å². The average Bonchev–Trinajstić information content (AvgIpc) is 2.33. The highest BCUT2D eigenvalue weighted by Crippen LogP contribution is 2.39. The average molecular weight is 271 g/mol. The zero-order valence-corrected chi connectivity index (χ0v) is 11.2. The summed E-state index contributed by atoms with van der Waals surface area (Å²) in [5.74, 6) is 0. The van der Waals surface area contributed by atoms with Crippen molar-refractivity contribution in [2.24, 2.45) is 5.73 Å². The molecule has 0 saturated heterocycles. The van der Waals surface area contributed by atoms with E-state index in [1.807, 2.05) is 0 Å². The third-order valence-corrected chi connectivity index (χ3v) is 5.80. The summed E-state index contributed by atoms with van der Waals surface area (Å²) in [4.78, 5) is 0.0699. The molecule has 1 fully saturated rings. The van der Waals surface area contributed by atoms with Crippen molar-refractivity contribution in [1.82, 2.24) is 0 Å². The minimum Gasteiger partial charge on any atom is -0.328 e. The number of halogens is 1. The van der Waals surface area contributed by atoms with Crippen molar-refractivity contribution in [2.45, 2.75) is 48.5 Å². The summed E-state index contributed by atoms with van der Waals surface area (Å²) >= 11 is 0. The highest BCUT2D eigenvalue weighted by molar-refractivity contribution is 7.92. The first kappa shape index (κ1) is 13.5. The van der Waals surface area contributed by atoms with Crippen LogP contribution in [0, 0.1) is 6.92 Å². The maximum absolute atomic E-state index is 14.7. The molecule has 100 valence electrons. The van der Waals surface area contributed by atoms with E-state index in [4.69, 9.17) is 5.73 Å². The van der Waals surface area contributed by atoms with E-state index >= 15 is 0 Å². The molecule has 1 aromatic carbocycles. The number of rotatable bonds is 2. The maximum atomic E-state index is 14.7. The molecule has 3 nitrogen and oxygen atoms in total. The third-order valence-electron chi connectivity index (χ3n) is 3.56. The first-order valence-electron chi connectivity index (χ1n) is 6.11. The smallest absolute Gasteiger partial charge is 0.215 e. The first-order chi connectivity index (χ1) is 8.35. The number of benzene rings is 1. The Morgan fingerprint density at radius 2 is 1.94 bits per heavy atom. The van der Waals surface area contributed by atoms with Crippen LogP contribution in [0.15, 0.2) is 29.2 Å². The van der Waals surface area contributed by atoms with Crippen LogP contribution in [-0.4, -0.2) is 19.5 Å². The molecule has 0 unspecified atom stereocenters. The molecule has 1 aromatic rings. The summed E-state index contributed by atoms with van der Waals surface area (Å²) in [6.07, 6.45) is 0.817. The van der Waals surface area contributed by atoms with Crippen LogP contribution in [0.1, 0.15) is 31.2 Å². The standard InChI is InChI=1S/C13H18FNO2S/c1-10-3-2-4-12(9-10)18(16,17)13(14)7-5-11(15)6-8-13/h2-4,9,11H,5-8,15H2,1H3/t11-,13+. The van der Waals surface area contributed by atoms with Gasteiger partial charge in [-0.3, -0.25) is 0 Å². The normalized spacial score (nSPS) is 29.2. The van der Waals surface area contributed by atoms with Gasteiger partial charge in [0.2, 0.25) is 14.8 Å². The Morgan fingerprint density at radius 3 is 2.50 bits per heavy atom. The van der Waals surface area contributed by atoms with E-state index in [2.05, 4.69) is 0 Å². The highest BCUT2D eigenvalue weighted by Gasteiger charge is 2.47. The van der Waals surface area contributed by atoms with Crippen molar-refractivity contribution < 1.29 is 12.8 Å². The summed E-state index contributed by atoms with van der Waals surface area (Å²) in [6.45, 7) is 1.79. The van der Waals surface area contributed by atoms with Gasteiger partial charge >= 0.3 is 0 Å². The van der Waals surface area contributed by atoms with Gasteiger partial charge < -0.3 is 5.73 Å². The van der Waals surface area contributed by atoms with Crippen molar-refractivity contribution in [3.8, 4) is 0 Å². The molecular weight excluding hydrogens is 253 g/mol. The van der Waals surface area contributed by atoms with Gasteiger partial charge in [-0.2, -0.15) is 0 Å². The van der Waals surface area contributed by atoms with Crippen molar-refractivity contribution in [3.05, 3.63) is 29.8 Å². The Hall–Kier alpha value is -0.940. The second-order valence-electron chi connectivity index (χ2n) is 5.04. The van der Waals surface area contributed by atoms with Gasteiger partial charge in [0.1, 0.15) is 0 Å². The van der Waals surface area contributed by atoms with E-state index in [0.717, 1.165) is 5.56 Å². The Bertz CT molecular complexity index is 534. The summed E-state index contributed by atoms with van der Waals surface area (Å²) in [5.41, 5.74) is 6.51. The van der Waals surface area contributed by atoms with E-state index in [9.17, 15) is 12.8 Å². The van der Waals surface area contributed by atoms with E-state index in [1.54, 1.807) is 19.1 Å². The van der Waals surface area contributed by atoms with E-state index < -0.39 is 14.8 Å². The summed E-state index contributed by atoms with van der Waals surface area (Å²) < 4.78 is 39.4. The van der Waals surface area contributed by atoms with Crippen molar-refractivity contribution >= 4 is 9.84 Å². The largest absolute Gasteiger partial charge is 0.328 e. The highest BCUT2D eigenvalue weighted by atomic mass is 32.2. The monoisotopic (exact) mass is 271 g/mol. The number of alkyl halides is 1. The molecule has 18 heavy (non-hydrogen) atoms. The second kappa shape index (κ2) is 4.63. The molecule has 5 heteroatoms. The summed E-state index contributed by atoms with van der Waals surface area (Å²) in [6, 6.07) is 6.33. The van der Waals surface area contributed by atoms with Crippen LogP contribution in [0.25, 0.3) is 0 Å². The molecule has 0 amide bonds. The Morgan fingerprint density at radius 1 is 1.33 bits per heavy atom. The fourth-order valence-corrected chi connectivity index (χ4v) is 4.13. The minimum atomic E-state index is -3.93. The predicted octanol–water partition coefficient (Wildman–Crippen LogP) is 2.34. The van der Waals surface area contributed by atoms with Crippen LogP contribution in [0.4, 0.5) is 4.39 Å². The summed E-state index contributed by atoms with van der Waals surface area (Å²) in [5, 5.41) is -2.16. The van der Waals surface area contributed by atoms with Gasteiger partial charge in [-0.1, -0.05) is 12.1 Å². The molecule has 1 aliphatic rings. The lowest BCUT2D eigenvalue weighted by Gasteiger charge is -2.32. The zero-order chi connectivity index (χ0) is 13.4. The third kappa shape index (κ3) is 2.29. The Balaban J connectivity index is 2.37. The van der Waals surface area contributed by atoms with Crippen LogP contribution in [0.2, 0.25) is 0 Å². The molecule has 0 aromatic heterocycles. The van der Waals surface area contributed by atoms with Crippen molar-refractivity contribution in [3.63, 3.8) is 0 Å². The molecule has 1 saturated carbocycles. The fourth-order valence-electron chi connectivity index (χ4n) is 2.33. The van der Waals surface area contributed by atoms with Crippen LogP contribution >= 0.6 is 0 Å². The lowest BCUT2D eigenvalue weighted by atomic mass is 9.94. The molecule has 1 aliphatic carbocycles. The van der Waals surface area contributed by atoms with Crippen LogP contribution in [-0.2, 0) is 9.84 Å². The number of hydrogen-bond donors (Lipinski definition) is 1. The molecule has 0 heterocycles.